The van der Waals surface area contributed by atoms with Crippen LogP contribution in [0.25, 0.3) is 0 Å². The second kappa shape index (κ2) is 6.46. The van der Waals surface area contributed by atoms with Gasteiger partial charge in [0.2, 0.25) is 0 Å². The van der Waals surface area contributed by atoms with E-state index < -0.39 is 0 Å². The Labute approximate surface area is 115 Å². The Morgan fingerprint density at radius 3 is 2.79 bits per heavy atom. The second-order valence-corrected chi connectivity index (χ2v) is 5.65. The number of piperazine rings is 1. The van der Waals surface area contributed by atoms with E-state index in [0.29, 0.717) is 6.04 Å². The van der Waals surface area contributed by atoms with Crippen molar-refractivity contribution < 1.29 is 4.39 Å². The van der Waals surface area contributed by atoms with Crippen LogP contribution in [0.15, 0.2) is 24.3 Å². The fourth-order valence-electron chi connectivity index (χ4n) is 2.78. The Balaban J connectivity index is 2.10. The second-order valence-electron chi connectivity index (χ2n) is 5.65. The van der Waals surface area contributed by atoms with Crippen LogP contribution in [-0.2, 0) is 0 Å². The molecule has 2 atom stereocenters. The highest BCUT2D eigenvalue weighted by atomic mass is 19.1. The summed E-state index contributed by atoms with van der Waals surface area (Å²) in [4.78, 5) is 4.43. The molecule has 19 heavy (non-hydrogen) atoms. The molecule has 1 aliphatic heterocycles. The van der Waals surface area contributed by atoms with Gasteiger partial charge in [0.05, 0.1) is 0 Å². The topological polar surface area (TPSA) is 18.5 Å². The molecule has 1 aromatic rings. The molecule has 1 saturated heterocycles. The van der Waals surface area contributed by atoms with Crippen LogP contribution < -0.4 is 5.32 Å². The van der Waals surface area contributed by atoms with E-state index in [1.807, 2.05) is 26.2 Å². The van der Waals surface area contributed by atoms with Crippen molar-refractivity contribution in [3.05, 3.63) is 35.6 Å². The first-order chi connectivity index (χ1) is 9.08. The lowest BCUT2D eigenvalue weighted by Crippen LogP contribution is -2.50. The van der Waals surface area contributed by atoms with Gasteiger partial charge in [-0.3, -0.25) is 0 Å². The summed E-state index contributed by atoms with van der Waals surface area (Å²) < 4.78 is 14.0. The lowest BCUT2D eigenvalue weighted by Gasteiger charge is -2.35. The van der Waals surface area contributed by atoms with Crippen molar-refractivity contribution in [3.8, 4) is 0 Å². The van der Waals surface area contributed by atoms with Gasteiger partial charge in [0.25, 0.3) is 0 Å². The first-order valence-corrected chi connectivity index (χ1v) is 6.90. The molecule has 1 aliphatic rings. The van der Waals surface area contributed by atoms with Gasteiger partial charge in [-0.1, -0.05) is 18.2 Å². The fraction of sp³-hybridized carbons (Fsp3) is 0.600. The molecule has 1 N–H and O–H groups in total. The molecule has 106 valence electrons. The number of likely N-dealkylation sites (N-methyl/N-ethyl adjacent to an activating group) is 1. The summed E-state index contributed by atoms with van der Waals surface area (Å²) in [5, 5.41) is 3.53. The molecule has 0 bridgehead atoms. The SMILES string of the molecule is CN1CCNC(CC(c2ccccc2F)N(C)C)C1. The van der Waals surface area contributed by atoms with E-state index in [9.17, 15) is 4.39 Å². The lowest BCUT2D eigenvalue weighted by atomic mass is 9.96. The van der Waals surface area contributed by atoms with E-state index >= 15 is 0 Å². The van der Waals surface area contributed by atoms with Crippen molar-refractivity contribution in [2.75, 3.05) is 40.8 Å². The van der Waals surface area contributed by atoms with E-state index in [1.54, 1.807) is 12.1 Å². The van der Waals surface area contributed by atoms with E-state index in [1.165, 1.54) is 0 Å². The van der Waals surface area contributed by atoms with Crippen molar-refractivity contribution in [2.24, 2.45) is 0 Å². The number of nitrogens with zero attached hydrogens (tertiary/aromatic N) is 2. The predicted molar refractivity (Wildman–Crippen MR) is 76.7 cm³/mol. The summed E-state index contributed by atoms with van der Waals surface area (Å²) in [6.45, 7) is 3.13. The molecule has 0 saturated carbocycles. The molecule has 1 fully saturated rings. The minimum atomic E-state index is -0.106. The van der Waals surface area contributed by atoms with Gasteiger partial charge in [-0.15, -0.1) is 0 Å². The van der Waals surface area contributed by atoms with E-state index in [-0.39, 0.29) is 11.9 Å². The van der Waals surface area contributed by atoms with Gasteiger partial charge >= 0.3 is 0 Å². The number of halogens is 1. The standard InChI is InChI=1S/C15H24FN3/c1-18(2)15(13-6-4-5-7-14(13)16)10-12-11-19(3)9-8-17-12/h4-7,12,15,17H,8-11H2,1-3H3. The third kappa shape index (κ3) is 3.75. The van der Waals surface area contributed by atoms with Crippen molar-refractivity contribution in [1.82, 2.24) is 15.1 Å². The van der Waals surface area contributed by atoms with E-state index in [4.69, 9.17) is 0 Å². The molecule has 0 aromatic heterocycles. The average molecular weight is 265 g/mol. The average Bonchev–Trinajstić information content (AvgIpc) is 2.37. The van der Waals surface area contributed by atoms with Crippen LogP contribution in [0.5, 0.6) is 0 Å². The summed E-state index contributed by atoms with van der Waals surface area (Å²) in [5.41, 5.74) is 0.794. The molecule has 0 aliphatic carbocycles. The summed E-state index contributed by atoms with van der Waals surface area (Å²) in [6.07, 6.45) is 0.929. The van der Waals surface area contributed by atoms with Crippen LogP contribution in [0.3, 0.4) is 0 Å². The Bertz CT molecular complexity index is 408. The zero-order valence-corrected chi connectivity index (χ0v) is 12.1. The van der Waals surface area contributed by atoms with Gasteiger partial charge in [-0.25, -0.2) is 4.39 Å². The Kier molecular flexibility index (Phi) is 4.91. The molecule has 2 rings (SSSR count). The van der Waals surface area contributed by atoms with Crippen LogP contribution in [0.2, 0.25) is 0 Å². The number of hydrogen-bond acceptors (Lipinski definition) is 3. The summed E-state index contributed by atoms with van der Waals surface area (Å²) in [6, 6.07) is 7.64. The van der Waals surface area contributed by atoms with Crippen LogP contribution >= 0.6 is 0 Å². The minimum Gasteiger partial charge on any atom is -0.311 e. The minimum absolute atomic E-state index is 0.106. The number of rotatable bonds is 4. The van der Waals surface area contributed by atoms with Crippen molar-refractivity contribution in [2.45, 2.75) is 18.5 Å². The molecular weight excluding hydrogens is 241 g/mol. The van der Waals surface area contributed by atoms with Crippen LogP contribution in [0, 0.1) is 5.82 Å². The van der Waals surface area contributed by atoms with Crippen molar-refractivity contribution in [1.29, 1.82) is 0 Å². The summed E-state index contributed by atoms with van der Waals surface area (Å²) in [7, 11) is 6.18. The highest BCUT2D eigenvalue weighted by molar-refractivity contribution is 5.21. The van der Waals surface area contributed by atoms with E-state index in [0.717, 1.165) is 31.6 Å². The zero-order chi connectivity index (χ0) is 13.8. The van der Waals surface area contributed by atoms with Gasteiger partial charge in [-0.2, -0.15) is 0 Å². The maximum Gasteiger partial charge on any atom is 0.127 e. The first-order valence-electron chi connectivity index (χ1n) is 6.90. The molecule has 2 unspecified atom stereocenters. The largest absolute Gasteiger partial charge is 0.311 e. The lowest BCUT2D eigenvalue weighted by molar-refractivity contribution is 0.188. The van der Waals surface area contributed by atoms with Crippen molar-refractivity contribution in [3.63, 3.8) is 0 Å². The van der Waals surface area contributed by atoms with Gasteiger partial charge < -0.3 is 15.1 Å². The third-order valence-corrected chi connectivity index (χ3v) is 3.85. The molecule has 4 heteroatoms. The molecule has 0 spiro atoms. The molecule has 0 amide bonds. The number of hydrogen-bond donors (Lipinski definition) is 1. The van der Waals surface area contributed by atoms with Crippen molar-refractivity contribution >= 4 is 0 Å². The maximum atomic E-state index is 14.0. The Morgan fingerprint density at radius 1 is 1.42 bits per heavy atom. The first kappa shape index (κ1) is 14.4. The number of nitrogens with one attached hydrogen (secondary N) is 1. The maximum absolute atomic E-state index is 14.0. The van der Waals surface area contributed by atoms with Gasteiger partial charge in [-0.05, 0) is 33.6 Å². The summed E-state index contributed by atoms with van der Waals surface area (Å²) in [5.74, 6) is -0.106. The summed E-state index contributed by atoms with van der Waals surface area (Å²) >= 11 is 0. The predicted octanol–water partition coefficient (Wildman–Crippen LogP) is 1.72. The number of benzene rings is 1. The van der Waals surface area contributed by atoms with Crippen LogP contribution in [0.4, 0.5) is 4.39 Å². The van der Waals surface area contributed by atoms with E-state index in [2.05, 4.69) is 22.2 Å². The van der Waals surface area contributed by atoms with Crippen LogP contribution in [-0.4, -0.2) is 56.6 Å². The quantitative estimate of drug-likeness (QED) is 0.894. The Morgan fingerprint density at radius 2 is 2.16 bits per heavy atom. The third-order valence-electron chi connectivity index (χ3n) is 3.85. The molecule has 0 radical (unpaired) electrons. The smallest absolute Gasteiger partial charge is 0.127 e. The van der Waals surface area contributed by atoms with Gasteiger partial charge in [0, 0.05) is 37.3 Å². The molecule has 1 aromatic carbocycles. The molecular formula is C15H24FN3. The molecule has 1 heterocycles. The highest BCUT2D eigenvalue weighted by Gasteiger charge is 2.24. The zero-order valence-electron chi connectivity index (χ0n) is 12.1. The van der Waals surface area contributed by atoms with Gasteiger partial charge in [0.15, 0.2) is 0 Å². The Hall–Kier alpha value is -0.970. The monoisotopic (exact) mass is 265 g/mol. The van der Waals surface area contributed by atoms with Gasteiger partial charge in [0.1, 0.15) is 5.82 Å². The highest BCUT2D eigenvalue weighted by Crippen LogP contribution is 2.26. The normalized spacial score (nSPS) is 22.7. The van der Waals surface area contributed by atoms with Crippen LogP contribution in [0.1, 0.15) is 18.0 Å². The fourth-order valence-corrected chi connectivity index (χ4v) is 2.78. The molecule has 3 nitrogen and oxygen atoms in total.